The number of hydrogen-bond donors (Lipinski definition) is 2. The molecule has 1 aromatic carbocycles. The molecule has 0 radical (unpaired) electrons. The number of rotatable bonds is 7. The Morgan fingerprint density at radius 2 is 1.82 bits per heavy atom. The van der Waals surface area contributed by atoms with Crippen molar-refractivity contribution in [2.45, 2.75) is 81.5 Å². The average molecular weight is 562 g/mol. The maximum atomic E-state index is 14.7. The summed E-state index contributed by atoms with van der Waals surface area (Å²) in [4.78, 5) is 34.2. The lowest BCUT2D eigenvalue weighted by atomic mass is 9.94. The summed E-state index contributed by atoms with van der Waals surface area (Å²) in [6.07, 6.45) is 3.01. The number of likely N-dealkylation sites (tertiary alicyclic amines) is 1. The number of anilines is 1. The number of alkyl halides is 4. The van der Waals surface area contributed by atoms with Crippen LogP contribution in [0, 0.1) is 11.5 Å². The van der Waals surface area contributed by atoms with Crippen molar-refractivity contribution in [1.82, 2.24) is 15.2 Å². The van der Waals surface area contributed by atoms with Crippen LogP contribution >= 0.6 is 0 Å². The minimum Gasteiger partial charge on any atom is -0.391 e. The number of carbonyl (C=O) groups excluding carboxylic acids is 2. The highest BCUT2D eigenvalue weighted by atomic mass is 19.4. The van der Waals surface area contributed by atoms with Gasteiger partial charge in [-0.3, -0.25) is 24.4 Å². The van der Waals surface area contributed by atoms with Gasteiger partial charge in [0.15, 0.2) is 6.19 Å². The summed E-state index contributed by atoms with van der Waals surface area (Å²) in [5, 5.41) is 22.8. The lowest BCUT2D eigenvalue weighted by Gasteiger charge is -2.35. The second-order valence-corrected chi connectivity index (χ2v) is 10.4. The fraction of sp³-hybridized carbons (Fsp3) is 0.500. The smallest absolute Gasteiger partial charge is 0.391 e. The van der Waals surface area contributed by atoms with Crippen molar-refractivity contribution < 1.29 is 32.3 Å². The Labute approximate surface area is 229 Å². The van der Waals surface area contributed by atoms with Gasteiger partial charge in [-0.2, -0.15) is 18.4 Å². The Bertz CT molecular complexity index is 1230. The third-order valence-corrected chi connectivity index (χ3v) is 7.61. The molecule has 0 spiro atoms. The Hall–Kier alpha value is -3.72. The van der Waals surface area contributed by atoms with Gasteiger partial charge in [-0.05, 0) is 43.5 Å². The van der Waals surface area contributed by atoms with Crippen molar-refractivity contribution in [3.63, 3.8) is 0 Å². The van der Waals surface area contributed by atoms with Crippen molar-refractivity contribution >= 4 is 17.5 Å². The fourth-order valence-electron chi connectivity index (χ4n) is 5.30. The first-order valence-electron chi connectivity index (χ1n) is 13.2. The Morgan fingerprint density at radius 3 is 2.40 bits per heavy atom. The first-order valence-corrected chi connectivity index (χ1v) is 13.2. The predicted molar refractivity (Wildman–Crippen MR) is 137 cm³/mol. The van der Waals surface area contributed by atoms with Crippen LogP contribution in [-0.2, 0) is 15.3 Å². The van der Waals surface area contributed by atoms with Gasteiger partial charge in [0.25, 0.3) is 5.91 Å². The van der Waals surface area contributed by atoms with Crippen LogP contribution in [0.25, 0.3) is 0 Å². The zero-order valence-electron chi connectivity index (χ0n) is 21.9. The molecular weight excluding hydrogens is 530 g/mol. The second-order valence-electron chi connectivity index (χ2n) is 10.4. The zero-order chi connectivity index (χ0) is 29.1. The van der Waals surface area contributed by atoms with E-state index in [1.807, 2.05) is 6.19 Å². The average Bonchev–Trinajstić information content (AvgIpc) is 3.32. The van der Waals surface area contributed by atoms with Gasteiger partial charge in [0, 0.05) is 36.1 Å². The van der Waals surface area contributed by atoms with E-state index in [-0.39, 0.29) is 24.7 Å². The number of nitrogens with zero attached hydrogens (tertiary/aromatic N) is 4. The molecule has 2 heterocycles. The molecule has 1 saturated carbocycles. The van der Waals surface area contributed by atoms with Crippen molar-refractivity contribution in [3.8, 4) is 6.19 Å². The van der Waals surface area contributed by atoms with Gasteiger partial charge in [-0.25, -0.2) is 4.39 Å². The normalized spacial score (nSPS) is 22.2. The highest BCUT2D eigenvalue weighted by molar-refractivity contribution is 6.04. The number of pyridine rings is 1. The number of halogens is 4. The summed E-state index contributed by atoms with van der Waals surface area (Å²) < 4.78 is 54.7. The molecule has 2 N–H and O–H groups in total. The highest BCUT2D eigenvalue weighted by Gasteiger charge is 2.53. The van der Waals surface area contributed by atoms with Crippen LogP contribution in [0.5, 0.6) is 0 Å². The van der Waals surface area contributed by atoms with Crippen molar-refractivity contribution in [1.29, 1.82) is 5.26 Å². The standard InChI is InChI=1S/C28H31F4N5O3/c1-27(29,28(30,31)32)19-9-11-21(12-10-19)37(26(40)23-14-22(38)16-36(23)17-33)24(18-6-5-13-34-15-18)25(39)35-20-7-3-2-4-8-20/h5-6,9-13,15,20,22-24,38H,2-4,7-8,14,16H2,1H3,(H,35,39). The SMILES string of the molecule is CC(F)(c1ccc(N(C(=O)C2CC(O)CN2C#N)C(C(=O)NC2CCCCC2)c2cccnc2)cc1)C(F)(F)F. The number of carbonyl (C=O) groups is 2. The molecule has 4 unspecified atom stereocenters. The quantitative estimate of drug-likeness (QED) is 0.386. The molecule has 2 aromatic rings. The summed E-state index contributed by atoms with van der Waals surface area (Å²) >= 11 is 0. The fourth-order valence-corrected chi connectivity index (χ4v) is 5.30. The molecule has 1 aromatic heterocycles. The molecule has 2 amide bonds. The number of aliphatic hydroxyl groups excluding tert-OH is 1. The van der Waals surface area contributed by atoms with E-state index >= 15 is 0 Å². The van der Waals surface area contributed by atoms with Crippen molar-refractivity contribution in [3.05, 3.63) is 59.9 Å². The summed E-state index contributed by atoms with van der Waals surface area (Å²) in [7, 11) is 0. The Kier molecular flexibility index (Phi) is 8.63. The second kappa shape index (κ2) is 11.8. The van der Waals surface area contributed by atoms with Gasteiger partial charge in [0.05, 0.1) is 12.6 Å². The van der Waals surface area contributed by atoms with E-state index in [0.29, 0.717) is 12.5 Å². The van der Waals surface area contributed by atoms with Gasteiger partial charge in [0.2, 0.25) is 11.6 Å². The van der Waals surface area contributed by atoms with Crippen LogP contribution in [0.2, 0.25) is 0 Å². The van der Waals surface area contributed by atoms with E-state index in [9.17, 15) is 37.5 Å². The molecule has 1 aliphatic heterocycles. The Morgan fingerprint density at radius 1 is 1.15 bits per heavy atom. The molecule has 12 heteroatoms. The molecule has 40 heavy (non-hydrogen) atoms. The number of hydrogen-bond acceptors (Lipinski definition) is 6. The van der Waals surface area contributed by atoms with Crippen LogP contribution in [0.4, 0.5) is 23.2 Å². The minimum atomic E-state index is -5.17. The highest BCUT2D eigenvalue weighted by Crippen LogP contribution is 2.43. The maximum Gasteiger partial charge on any atom is 0.426 e. The largest absolute Gasteiger partial charge is 0.426 e. The van der Waals surface area contributed by atoms with E-state index in [1.54, 1.807) is 12.1 Å². The van der Waals surface area contributed by atoms with Crippen LogP contribution in [0.1, 0.15) is 62.6 Å². The van der Waals surface area contributed by atoms with Gasteiger partial charge in [0.1, 0.15) is 12.1 Å². The topological polar surface area (TPSA) is 110 Å². The molecule has 8 nitrogen and oxygen atoms in total. The number of aliphatic hydroxyl groups is 1. The zero-order valence-corrected chi connectivity index (χ0v) is 21.9. The minimum absolute atomic E-state index is 0.0265. The number of benzene rings is 1. The lowest BCUT2D eigenvalue weighted by Crippen LogP contribution is -2.51. The molecule has 0 bridgehead atoms. The molecule has 214 valence electrons. The molecule has 4 atom stereocenters. The summed E-state index contributed by atoms with van der Waals surface area (Å²) in [5.74, 6) is -1.23. The van der Waals surface area contributed by atoms with E-state index in [0.717, 1.165) is 66.2 Å². The lowest BCUT2D eigenvalue weighted by molar-refractivity contribution is -0.228. The van der Waals surface area contributed by atoms with Crippen LogP contribution in [0.3, 0.4) is 0 Å². The number of aromatic nitrogens is 1. The van der Waals surface area contributed by atoms with Gasteiger partial charge in [-0.15, -0.1) is 0 Å². The van der Waals surface area contributed by atoms with Gasteiger partial charge >= 0.3 is 6.18 Å². The summed E-state index contributed by atoms with van der Waals surface area (Å²) in [6.45, 7) is 0.322. The van der Waals surface area contributed by atoms with Crippen LogP contribution in [0.15, 0.2) is 48.8 Å². The van der Waals surface area contributed by atoms with Crippen molar-refractivity contribution in [2.75, 3.05) is 11.4 Å². The number of β-amino-alcohol motifs (C(OH)–C–C–N with tert-alkyl or cyclic N) is 1. The summed E-state index contributed by atoms with van der Waals surface area (Å²) in [5.41, 5.74) is -3.95. The van der Waals surface area contributed by atoms with Gasteiger partial charge < -0.3 is 10.4 Å². The monoisotopic (exact) mass is 561 g/mol. The number of nitrogens with one attached hydrogen (secondary N) is 1. The van der Waals surface area contributed by atoms with Crippen molar-refractivity contribution in [2.24, 2.45) is 0 Å². The number of amides is 2. The third kappa shape index (κ3) is 6.04. The molecular formula is C28H31F4N5O3. The van der Waals surface area contributed by atoms with Crippen LogP contribution in [-0.4, -0.2) is 57.7 Å². The first-order chi connectivity index (χ1) is 18.9. The predicted octanol–water partition coefficient (Wildman–Crippen LogP) is 4.27. The maximum absolute atomic E-state index is 14.7. The third-order valence-electron chi connectivity index (χ3n) is 7.61. The first kappa shape index (κ1) is 29.3. The van der Waals surface area contributed by atoms with E-state index < -0.39 is 47.4 Å². The van der Waals surface area contributed by atoms with Gasteiger partial charge in [-0.1, -0.05) is 37.5 Å². The molecule has 1 aliphatic carbocycles. The van der Waals surface area contributed by atoms with Crippen LogP contribution < -0.4 is 10.2 Å². The Balaban J connectivity index is 1.80. The van der Waals surface area contributed by atoms with E-state index in [1.165, 1.54) is 12.4 Å². The molecule has 2 fully saturated rings. The molecule has 1 saturated heterocycles. The molecule has 4 rings (SSSR count). The number of nitriles is 1. The summed E-state index contributed by atoms with van der Waals surface area (Å²) in [6, 6.07) is 4.78. The van der Waals surface area contributed by atoms with E-state index in [4.69, 9.17) is 0 Å². The van der Waals surface area contributed by atoms with E-state index in [2.05, 4.69) is 10.3 Å². The molecule has 2 aliphatic rings.